The Morgan fingerprint density at radius 1 is 0.317 bits per heavy atom. The molecular weight excluding hydrogens is 794 g/mol. The molecule has 6 heteroatoms. The van der Waals surface area contributed by atoms with Crippen molar-refractivity contribution < 1.29 is 22.0 Å². The summed E-state index contributed by atoms with van der Waals surface area (Å²) in [5.74, 6) is -10.0. The van der Waals surface area contributed by atoms with Gasteiger partial charge >= 0.3 is 0 Å². The fourth-order valence-corrected chi connectivity index (χ4v) is 9.52. The van der Waals surface area contributed by atoms with E-state index in [1.54, 1.807) is 36.4 Å². The van der Waals surface area contributed by atoms with E-state index in [-0.39, 0.29) is 17.3 Å². The molecule has 0 fully saturated rings. The lowest BCUT2D eigenvalue weighted by molar-refractivity contribution is 0.380. The first-order valence-electron chi connectivity index (χ1n) is 20.7. The Labute approximate surface area is 360 Å². The van der Waals surface area contributed by atoms with E-state index in [0.717, 1.165) is 71.0 Å². The average molecular weight is 828 g/mol. The highest BCUT2D eigenvalue weighted by molar-refractivity contribution is 6.21. The van der Waals surface area contributed by atoms with Crippen LogP contribution in [-0.2, 0) is 0 Å². The number of hydrogen-bond donors (Lipinski definition) is 0. The van der Waals surface area contributed by atoms with Crippen LogP contribution in [0.2, 0.25) is 0 Å². The molecule has 1 atom stereocenters. The lowest BCUT2D eigenvalue weighted by Crippen LogP contribution is -2.17. The van der Waals surface area contributed by atoms with E-state index in [4.69, 9.17) is 0 Å². The highest BCUT2D eigenvalue weighted by Gasteiger charge is 2.32. The third-order valence-electron chi connectivity index (χ3n) is 12.3. The van der Waals surface area contributed by atoms with Crippen molar-refractivity contribution in [2.75, 3.05) is 4.90 Å². The first-order valence-corrected chi connectivity index (χ1v) is 20.7. The average Bonchev–Trinajstić information content (AvgIpc) is 3.68. The highest BCUT2D eigenvalue weighted by atomic mass is 19.2. The molecule has 0 radical (unpaired) electrons. The van der Waals surface area contributed by atoms with Crippen molar-refractivity contribution in [3.8, 4) is 44.5 Å². The van der Waals surface area contributed by atoms with Crippen molar-refractivity contribution in [1.82, 2.24) is 0 Å². The van der Waals surface area contributed by atoms with Crippen LogP contribution in [0.1, 0.15) is 22.6 Å². The van der Waals surface area contributed by atoms with E-state index in [9.17, 15) is 4.39 Å². The molecule has 0 amide bonds. The molecule has 63 heavy (non-hydrogen) atoms. The van der Waals surface area contributed by atoms with E-state index < -0.39 is 34.8 Å². The van der Waals surface area contributed by atoms with Gasteiger partial charge in [0.25, 0.3) is 0 Å². The van der Waals surface area contributed by atoms with Crippen molar-refractivity contribution in [3.63, 3.8) is 0 Å². The molecular formula is C57H34F5N. The van der Waals surface area contributed by atoms with Gasteiger partial charge in [0.05, 0.1) is 0 Å². The smallest absolute Gasteiger partial charge is 0.200 e. The van der Waals surface area contributed by atoms with Gasteiger partial charge in [-0.15, -0.1) is 0 Å². The molecule has 0 heterocycles. The quantitative estimate of drug-likeness (QED) is 0.0670. The van der Waals surface area contributed by atoms with Crippen molar-refractivity contribution >= 4 is 38.6 Å². The van der Waals surface area contributed by atoms with Gasteiger partial charge in [-0.3, -0.25) is 0 Å². The number of benzene rings is 10. The number of halogens is 5. The zero-order chi connectivity index (χ0) is 42.8. The second kappa shape index (κ2) is 15.3. The first-order chi connectivity index (χ1) is 30.9. The SMILES string of the molecule is Fc1c(F)c(F)c(N(c2ccc(-c3ccc4c(c3)-c3ccccc3C4c3ccccc3)cc2)c2ccc(-c3c4ccccc4c(-c4ccccc4)c4ccccc34)cc2)c(F)c1F. The van der Waals surface area contributed by atoms with Gasteiger partial charge in [0.1, 0.15) is 5.69 Å². The largest absolute Gasteiger partial charge is 0.305 e. The lowest BCUT2D eigenvalue weighted by atomic mass is 9.86. The zero-order valence-electron chi connectivity index (χ0n) is 33.5. The van der Waals surface area contributed by atoms with Crippen LogP contribution in [0.3, 0.4) is 0 Å². The molecule has 11 rings (SSSR count). The Kier molecular flexibility index (Phi) is 9.23. The summed E-state index contributed by atoms with van der Waals surface area (Å²) in [6.45, 7) is 0. The van der Waals surface area contributed by atoms with E-state index in [1.165, 1.54) is 16.7 Å². The molecule has 0 saturated heterocycles. The number of nitrogens with zero attached hydrogens (tertiary/aromatic N) is 1. The summed E-state index contributed by atoms with van der Waals surface area (Å²) in [7, 11) is 0. The van der Waals surface area contributed by atoms with Crippen LogP contribution < -0.4 is 4.90 Å². The summed E-state index contributed by atoms with van der Waals surface area (Å²) < 4.78 is 76.2. The number of rotatable bonds is 7. The van der Waals surface area contributed by atoms with E-state index in [2.05, 4.69) is 84.9 Å². The molecule has 1 aliphatic rings. The molecule has 0 N–H and O–H groups in total. The fourth-order valence-electron chi connectivity index (χ4n) is 9.52. The minimum absolute atomic E-state index is 0.0844. The molecule has 0 aliphatic heterocycles. The maximum atomic E-state index is 15.9. The molecule has 10 aromatic rings. The van der Waals surface area contributed by atoms with Gasteiger partial charge in [0.15, 0.2) is 23.3 Å². The van der Waals surface area contributed by atoms with Gasteiger partial charge in [-0.2, -0.15) is 0 Å². The van der Waals surface area contributed by atoms with E-state index in [1.807, 2.05) is 78.9 Å². The summed E-state index contributed by atoms with van der Waals surface area (Å²) in [5, 5.41) is 4.10. The van der Waals surface area contributed by atoms with Crippen LogP contribution in [-0.4, -0.2) is 0 Å². The molecule has 0 spiro atoms. The third-order valence-corrected chi connectivity index (χ3v) is 12.3. The lowest BCUT2D eigenvalue weighted by Gasteiger charge is -2.27. The van der Waals surface area contributed by atoms with Gasteiger partial charge in [-0.25, -0.2) is 22.0 Å². The third kappa shape index (κ3) is 6.20. The van der Waals surface area contributed by atoms with E-state index >= 15 is 17.6 Å². The van der Waals surface area contributed by atoms with Gasteiger partial charge in [0.2, 0.25) is 5.82 Å². The number of hydrogen-bond acceptors (Lipinski definition) is 1. The van der Waals surface area contributed by atoms with Crippen LogP contribution in [0.15, 0.2) is 200 Å². The maximum absolute atomic E-state index is 15.9. The zero-order valence-corrected chi connectivity index (χ0v) is 33.5. The Bertz CT molecular complexity index is 3300. The summed E-state index contributed by atoms with van der Waals surface area (Å²) in [6, 6.07) is 65.4. The van der Waals surface area contributed by atoms with Gasteiger partial charge in [-0.05, 0) is 113 Å². The molecule has 0 bridgehead atoms. The standard InChI is InChI=1S/C57H34F5N/c58-52-53(59)55(61)57(56(62)54(52)60)63(39-28-23-34(24-29-39)38-27-32-47-48(33-38)41-17-7-8-18-42(41)49(47)35-13-3-1-4-14-35)40-30-25-37(26-31-40)51-45-21-11-9-19-43(45)50(36-15-5-2-6-16-36)44-20-10-12-22-46(44)51/h1-33,49H. The monoisotopic (exact) mass is 827 g/mol. The van der Waals surface area contributed by atoms with Crippen LogP contribution in [0.4, 0.5) is 39.0 Å². The summed E-state index contributed by atoms with van der Waals surface area (Å²) in [5.41, 5.74) is 10.9. The van der Waals surface area contributed by atoms with Crippen LogP contribution in [0, 0.1) is 29.1 Å². The minimum atomic E-state index is -2.22. The molecule has 302 valence electrons. The summed E-state index contributed by atoms with van der Waals surface area (Å²) in [6.07, 6.45) is 0. The second-order valence-electron chi connectivity index (χ2n) is 15.8. The molecule has 10 aromatic carbocycles. The van der Waals surface area contributed by atoms with Crippen molar-refractivity contribution in [3.05, 3.63) is 246 Å². The summed E-state index contributed by atoms with van der Waals surface area (Å²) >= 11 is 0. The van der Waals surface area contributed by atoms with Gasteiger partial charge in [-0.1, -0.05) is 170 Å². The Morgan fingerprint density at radius 2 is 0.730 bits per heavy atom. The predicted octanol–water partition coefficient (Wildman–Crippen LogP) is 16.3. The van der Waals surface area contributed by atoms with E-state index in [0.29, 0.717) is 0 Å². The number of fused-ring (bicyclic) bond motifs is 5. The summed E-state index contributed by atoms with van der Waals surface area (Å²) in [4.78, 5) is 1.09. The minimum Gasteiger partial charge on any atom is -0.305 e. The fraction of sp³-hybridized carbons (Fsp3) is 0.0175. The van der Waals surface area contributed by atoms with Crippen LogP contribution in [0.5, 0.6) is 0 Å². The predicted molar refractivity (Wildman–Crippen MR) is 245 cm³/mol. The Balaban J connectivity index is 1.02. The van der Waals surface area contributed by atoms with Gasteiger partial charge < -0.3 is 4.90 Å². The Morgan fingerprint density at radius 3 is 1.29 bits per heavy atom. The molecule has 1 nitrogen and oxygen atoms in total. The first kappa shape index (κ1) is 38.1. The van der Waals surface area contributed by atoms with Crippen molar-refractivity contribution in [2.24, 2.45) is 0 Å². The topological polar surface area (TPSA) is 3.24 Å². The Hall–Kier alpha value is -7.83. The maximum Gasteiger partial charge on any atom is 0.200 e. The van der Waals surface area contributed by atoms with Gasteiger partial charge in [0, 0.05) is 17.3 Å². The number of anilines is 3. The van der Waals surface area contributed by atoms with Crippen LogP contribution >= 0.6 is 0 Å². The molecule has 0 aromatic heterocycles. The highest BCUT2D eigenvalue weighted by Crippen LogP contribution is 2.50. The normalized spacial score (nSPS) is 13.0. The van der Waals surface area contributed by atoms with Crippen molar-refractivity contribution in [2.45, 2.75) is 5.92 Å². The van der Waals surface area contributed by atoms with Crippen molar-refractivity contribution in [1.29, 1.82) is 0 Å². The molecule has 0 saturated carbocycles. The molecule has 1 unspecified atom stereocenters. The molecule has 1 aliphatic carbocycles. The second-order valence-corrected chi connectivity index (χ2v) is 15.8. The van der Waals surface area contributed by atoms with Crippen LogP contribution in [0.25, 0.3) is 66.1 Å².